The van der Waals surface area contributed by atoms with E-state index in [-0.39, 0.29) is 43.3 Å². The molecule has 3 N–H and O–H groups in total. The zero-order valence-corrected chi connectivity index (χ0v) is 13.2. The fraction of sp³-hybridized carbons (Fsp3) is 0.467. The summed E-state index contributed by atoms with van der Waals surface area (Å²) >= 11 is 0. The van der Waals surface area contributed by atoms with E-state index in [4.69, 9.17) is 10.5 Å². The lowest BCUT2D eigenvalue weighted by molar-refractivity contribution is -0.144. The molecule has 1 aromatic rings. The Morgan fingerprint density at radius 2 is 1.90 bits per heavy atom. The third-order valence-electron chi connectivity index (χ3n) is 2.78. The van der Waals surface area contributed by atoms with Crippen molar-refractivity contribution in [2.24, 2.45) is 5.73 Å². The van der Waals surface area contributed by atoms with Crippen LogP contribution in [0.2, 0.25) is 0 Å². The van der Waals surface area contributed by atoms with E-state index in [0.29, 0.717) is 6.61 Å². The summed E-state index contributed by atoms with van der Waals surface area (Å²) in [5.41, 5.74) is 6.39. The van der Waals surface area contributed by atoms with Crippen molar-refractivity contribution >= 4 is 24.3 Å². The second-order valence-electron chi connectivity index (χ2n) is 4.70. The third kappa shape index (κ3) is 7.11. The Balaban J connectivity index is 0.00000400. The highest BCUT2D eigenvalue weighted by molar-refractivity contribution is 5.85. The number of hydrogen-bond donors (Lipinski definition) is 2. The highest BCUT2D eigenvalue weighted by atomic mass is 35.5. The van der Waals surface area contributed by atoms with Gasteiger partial charge in [0.1, 0.15) is 0 Å². The van der Waals surface area contributed by atoms with Crippen LogP contribution < -0.4 is 11.1 Å². The van der Waals surface area contributed by atoms with Crippen LogP contribution in [-0.2, 0) is 14.3 Å². The number of carbonyl (C=O) groups is 2. The summed E-state index contributed by atoms with van der Waals surface area (Å²) in [6.07, 6.45) is 0.240. The van der Waals surface area contributed by atoms with Gasteiger partial charge in [-0.1, -0.05) is 30.3 Å². The maximum atomic E-state index is 12.0. The molecule has 1 aromatic carbocycles. The van der Waals surface area contributed by atoms with Crippen molar-refractivity contribution in [1.82, 2.24) is 5.32 Å². The maximum absolute atomic E-state index is 12.0. The zero-order chi connectivity index (χ0) is 15.0. The van der Waals surface area contributed by atoms with Gasteiger partial charge in [0.2, 0.25) is 5.91 Å². The molecule has 6 heteroatoms. The molecular weight excluding hydrogens is 292 g/mol. The van der Waals surface area contributed by atoms with Crippen molar-refractivity contribution in [1.29, 1.82) is 0 Å². The highest BCUT2D eigenvalue weighted by Gasteiger charge is 2.22. The number of ether oxygens (including phenoxy) is 1. The van der Waals surface area contributed by atoms with Gasteiger partial charge in [-0.25, -0.2) is 0 Å². The van der Waals surface area contributed by atoms with Crippen molar-refractivity contribution in [3.63, 3.8) is 0 Å². The van der Waals surface area contributed by atoms with E-state index in [2.05, 4.69) is 5.32 Å². The third-order valence-corrected chi connectivity index (χ3v) is 2.78. The first-order valence-electron chi connectivity index (χ1n) is 6.78. The van der Waals surface area contributed by atoms with Crippen molar-refractivity contribution < 1.29 is 14.3 Å². The molecule has 21 heavy (non-hydrogen) atoms. The Labute approximate surface area is 131 Å². The minimum Gasteiger partial charge on any atom is -0.465 e. The molecule has 0 aliphatic rings. The summed E-state index contributed by atoms with van der Waals surface area (Å²) in [6.45, 7) is 4.05. The number of carbonyl (C=O) groups excluding carboxylic acids is 2. The normalized spacial score (nSPS) is 12.7. The fourth-order valence-corrected chi connectivity index (χ4v) is 1.85. The molecule has 0 radical (unpaired) electrons. The van der Waals surface area contributed by atoms with Crippen LogP contribution in [0, 0.1) is 0 Å². The number of halogens is 1. The smallest absolute Gasteiger partial charge is 0.315 e. The molecule has 0 heterocycles. The predicted molar refractivity (Wildman–Crippen MR) is 84.3 cm³/mol. The molecule has 2 unspecified atom stereocenters. The minimum atomic E-state index is -0.492. The van der Waals surface area contributed by atoms with E-state index >= 15 is 0 Å². The number of nitrogens with one attached hydrogen (secondary N) is 1. The van der Waals surface area contributed by atoms with Gasteiger partial charge in [-0.05, 0) is 19.4 Å². The van der Waals surface area contributed by atoms with Gasteiger partial charge in [0, 0.05) is 19.0 Å². The van der Waals surface area contributed by atoms with Crippen molar-refractivity contribution in [2.75, 3.05) is 13.2 Å². The quantitative estimate of drug-likeness (QED) is 0.749. The van der Waals surface area contributed by atoms with Crippen LogP contribution in [0.4, 0.5) is 0 Å². The number of benzene rings is 1. The van der Waals surface area contributed by atoms with Crippen LogP contribution in [0.5, 0.6) is 0 Å². The van der Waals surface area contributed by atoms with E-state index < -0.39 is 5.92 Å². The Morgan fingerprint density at radius 1 is 1.29 bits per heavy atom. The van der Waals surface area contributed by atoms with E-state index in [1.807, 2.05) is 30.3 Å². The van der Waals surface area contributed by atoms with Gasteiger partial charge < -0.3 is 15.8 Å². The van der Waals surface area contributed by atoms with Crippen LogP contribution in [0.25, 0.3) is 0 Å². The van der Waals surface area contributed by atoms with Crippen LogP contribution in [0.15, 0.2) is 30.3 Å². The highest BCUT2D eigenvalue weighted by Crippen LogP contribution is 2.16. The van der Waals surface area contributed by atoms with Gasteiger partial charge in [0.25, 0.3) is 0 Å². The first-order chi connectivity index (χ1) is 9.54. The summed E-state index contributed by atoms with van der Waals surface area (Å²) in [4.78, 5) is 23.6. The topological polar surface area (TPSA) is 81.4 Å². The van der Waals surface area contributed by atoms with Crippen LogP contribution in [0.1, 0.15) is 31.7 Å². The van der Waals surface area contributed by atoms with Gasteiger partial charge in [0.05, 0.1) is 12.5 Å². The van der Waals surface area contributed by atoms with Crippen LogP contribution >= 0.6 is 12.4 Å². The monoisotopic (exact) mass is 314 g/mol. The predicted octanol–water partition coefficient (Wildman–Crippen LogP) is 1.61. The van der Waals surface area contributed by atoms with E-state index in [1.165, 1.54) is 0 Å². The Kier molecular flexibility index (Phi) is 9.41. The maximum Gasteiger partial charge on any atom is 0.315 e. The molecule has 118 valence electrons. The average Bonchev–Trinajstić information content (AvgIpc) is 2.39. The second kappa shape index (κ2) is 10.2. The first kappa shape index (κ1) is 19.4. The molecule has 0 aromatic heterocycles. The standard InChI is InChI=1S/C15H22N2O3.ClH/c1-3-20-15(19)13(12-7-5-4-6-8-12)10-17-14(18)9-11(2)16;/h4-8,11,13H,3,9-10,16H2,1-2H3,(H,17,18);1H. The Hall–Kier alpha value is -1.59. The largest absolute Gasteiger partial charge is 0.465 e. The van der Waals surface area contributed by atoms with E-state index in [0.717, 1.165) is 5.56 Å². The van der Waals surface area contributed by atoms with Crippen molar-refractivity contribution in [3.05, 3.63) is 35.9 Å². The minimum absolute atomic E-state index is 0. The molecule has 0 bridgehead atoms. The molecular formula is C15H23ClN2O3. The molecule has 0 saturated carbocycles. The van der Waals surface area contributed by atoms with E-state index in [9.17, 15) is 9.59 Å². The molecule has 2 atom stereocenters. The first-order valence-corrected chi connectivity index (χ1v) is 6.78. The van der Waals surface area contributed by atoms with Gasteiger partial charge >= 0.3 is 5.97 Å². The molecule has 0 saturated heterocycles. The lowest BCUT2D eigenvalue weighted by Gasteiger charge is -2.17. The van der Waals surface area contributed by atoms with Crippen LogP contribution in [-0.4, -0.2) is 31.1 Å². The SMILES string of the molecule is CCOC(=O)C(CNC(=O)CC(C)N)c1ccccc1.Cl. The summed E-state index contributed by atoms with van der Waals surface area (Å²) in [7, 11) is 0. The lowest BCUT2D eigenvalue weighted by Crippen LogP contribution is -2.35. The fourth-order valence-electron chi connectivity index (χ4n) is 1.85. The summed E-state index contributed by atoms with van der Waals surface area (Å²) < 4.78 is 5.06. The number of hydrogen-bond acceptors (Lipinski definition) is 4. The molecule has 0 aliphatic carbocycles. The van der Waals surface area contributed by atoms with E-state index in [1.54, 1.807) is 13.8 Å². The average molecular weight is 315 g/mol. The summed E-state index contributed by atoms with van der Waals surface area (Å²) in [6, 6.07) is 9.07. The number of amides is 1. The number of esters is 1. The second-order valence-corrected chi connectivity index (χ2v) is 4.70. The molecule has 0 aliphatic heterocycles. The van der Waals surface area contributed by atoms with Gasteiger partial charge in [-0.3, -0.25) is 9.59 Å². The molecule has 1 amide bonds. The number of rotatable bonds is 7. The van der Waals surface area contributed by atoms with Gasteiger partial charge in [0.15, 0.2) is 0 Å². The zero-order valence-electron chi connectivity index (χ0n) is 12.4. The Morgan fingerprint density at radius 3 is 2.43 bits per heavy atom. The number of nitrogens with two attached hydrogens (primary N) is 1. The molecule has 5 nitrogen and oxygen atoms in total. The summed E-state index contributed by atoms with van der Waals surface area (Å²) in [5, 5.41) is 2.73. The van der Waals surface area contributed by atoms with Crippen LogP contribution in [0.3, 0.4) is 0 Å². The molecule has 1 rings (SSSR count). The van der Waals surface area contributed by atoms with Crippen molar-refractivity contribution in [2.45, 2.75) is 32.2 Å². The molecule has 0 fully saturated rings. The van der Waals surface area contributed by atoms with Gasteiger partial charge in [-0.15, -0.1) is 12.4 Å². The lowest BCUT2D eigenvalue weighted by atomic mass is 9.99. The van der Waals surface area contributed by atoms with Crippen molar-refractivity contribution in [3.8, 4) is 0 Å². The summed E-state index contributed by atoms with van der Waals surface area (Å²) in [5.74, 6) is -0.988. The molecule has 0 spiro atoms. The van der Waals surface area contributed by atoms with Gasteiger partial charge in [-0.2, -0.15) is 0 Å². The Bertz CT molecular complexity index is 438.